The van der Waals surface area contributed by atoms with Gasteiger partial charge in [0.2, 0.25) is 5.91 Å². The van der Waals surface area contributed by atoms with Crippen LogP contribution < -0.4 is 5.32 Å². The Morgan fingerprint density at radius 2 is 2.07 bits per heavy atom. The van der Waals surface area contributed by atoms with E-state index in [1.54, 1.807) is 0 Å². The van der Waals surface area contributed by atoms with Crippen LogP contribution in [0.15, 0.2) is 0 Å². The lowest BCUT2D eigenvalue weighted by molar-refractivity contribution is -0.140. The number of carbonyl (C=O) groups excluding carboxylic acids is 1. The first-order chi connectivity index (χ1) is 6.66. The fraction of sp³-hybridized carbons (Fsp3) is 0.909. The summed E-state index contributed by atoms with van der Waals surface area (Å²) in [6, 6.07) is 0.463. The van der Waals surface area contributed by atoms with Crippen LogP contribution in [0.25, 0.3) is 0 Å². The Kier molecular flexibility index (Phi) is 2.77. The van der Waals surface area contributed by atoms with Gasteiger partial charge in [-0.2, -0.15) is 0 Å². The quantitative estimate of drug-likeness (QED) is 0.674. The minimum atomic E-state index is 0.343. The second-order valence-corrected chi connectivity index (χ2v) is 4.91. The molecule has 2 fully saturated rings. The SMILES string of the molecule is CC1CC(C(=O)N2CCN[C@H](C)C2)C1. The molecule has 0 aromatic carbocycles. The van der Waals surface area contributed by atoms with E-state index in [-0.39, 0.29) is 0 Å². The summed E-state index contributed by atoms with van der Waals surface area (Å²) in [4.78, 5) is 14.0. The van der Waals surface area contributed by atoms with Crippen LogP contribution in [0.2, 0.25) is 0 Å². The first-order valence-electron chi connectivity index (χ1n) is 5.69. The van der Waals surface area contributed by atoms with Crippen LogP contribution >= 0.6 is 0 Å². The van der Waals surface area contributed by atoms with Gasteiger partial charge in [0.25, 0.3) is 0 Å². The van der Waals surface area contributed by atoms with Crippen molar-refractivity contribution in [2.75, 3.05) is 19.6 Å². The van der Waals surface area contributed by atoms with E-state index >= 15 is 0 Å². The van der Waals surface area contributed by atoms with E-state index in [4.69, 9.17) is 0 Å². The predicted octanol–water partition coefficient (Wildman–Crippen LogP) is 0.853. The Morgan fingerprint density at radius 1 is 1.36 bits per heavy atom. The molecule has 2 rings (SSSR count). The van der Waals surface area contributed by atoms with Crippen molar-refractivity contribution in [3.63, 3.8) is 0 Å². The van der Waals surface area contributed by atoms with E-state index in [1.807, 2.05) is 4.90 Å². The summed E-state index contributed by atoms with van der Waals surface area (Å²) in [5.74, 6) is 1.51. The number of amides is 1. The molecule has 0 radical (unpaired) electrons. The average molecular weight is 196 g/mol. The van der Waals surface area contributed by atoms with Gasteiger partial charge in [-0.1, -0.05) is 6.92 Å². The standard InChI is InChI=1S/C11H20N2O/c1-8-5-10(6-8)11(14)13-4-3-12-9(2)7-13/h8-10,12H,3-7H2,1-2H3/t8?,9-,10?/m1/s1. The number of hydrogen-bond donors (Lipinski definition) is 1. The van der Waals surface area contributed by atoms with Crippen LogP contribution in [0.1, 0.15) is 26.7 Å². The molecular weight excluding hydrogens is 176 g/mol. The van der Waals surface area contributed by atoms with Crippen molar-refractivity contribution in [1.29, 1.82) is 0 Å². The molecule has 0 aromatic rings. The number of nitrogens with one attached hydrogen (secondary N) is 1. The predicted molar refractivity (Wildman–Crippen MR) is 55.9 cm³/mol. The van der Waals surface area contributed by atoms with E-state index in [9.17, 15) is 4.79 Å². The molecule has 80 valence electrons. The molecule has 14 heavy (non-hydrogen) atoms. The zero-order valence-corrected chi connectivity index (χ0v) is 9.12. The van der Waals surface area contributed by atoms with Crippen molar-refractivity contribution in [3.05, 3.63) is 0 Å². The molecule has 3 nitrogen and oxygen atoms in total. The summed E-state index contributed by atoms with van der Waals surface area (Å²) in [6.45, 7) is 7.11. The molecule has 0 unspecified atom stereocenters. The number of nitrogens with zero attached hydrogens (tertiary/aromatic N) is 1. The number of piperazine rings is 1. The lowest BCUT2D eigenvalue weighted by atomic mass is 9.75. The van der Waals surface area contributed by atoms with Crippen molar-refractivity contribution in [2.45, 2.75) is 32.7 Å². The molecule has 1 atom stereocenters. The number of rotatable bonds is 1. The highest BCUT2D eigenvalue weighted by Gasteiger charge is 2.35. The smallest absolute Gasteiger partial charge is 0.225 e. The average Bonchev–Trinajstić information content (AvgIpc) is 2.12. The summed E-state index contributed by atoms with van der Waals surface area (Å²) < 4.78 is 0. The van der Waals surface area contributed by atoms with Gasteiger partial charge < -0.3 is 10.2 Å². The Bertz CT molecular complexity index is 223. The molecule has 0 spiro atoms. The molecule has 2 aliphatic rings. The minimum Gasteiger partial charge on any atom is -0.340 e. The molecule has 0 bridgehead atoms. The number of carbonyl (C=O) groups is 1. The fourth-order valence-electron chi connectivity index (χ4n) is 2.49. The van der Waals surface area contributed by atoms with Gasteiger partial charge >= 0.3 is 0 Å². The molecular formula is C11H20N2O. The van der Waals surface area contributed by atoms with Crippen molar-refractivity contribution in [1.82, 2.24) is 10.2 Å². The first kappa shape index (κ1) is 9.97. The highest BCUT2D eigenvalue weighted by molar-refractivity contribution is 5.79. The van der Waals surface area contributed by atoms with Gasteiger partial charge in [0, 0.05) is 31.6 Å². The summed E-state index contributed by atoms with van der Waals surface area (Å²) in [5.41, 5.74) is 0. The van der Waals surface area contributed by atoms with Gasteiger partial charge in [0.05, 0.1) is 0 Å². The van der Waals surface area contributed by atoms with Crippen LogP contribution in [0.5, 0.6) is 0 Å². The highest BCUT2D eigenvalue weighted by atomic mass is 16.2. The second kappa shape index (κ2) is 3.89. The van der Waals surface area contributed by atoms with Gasteiger partial charge in [0.1, 0.15) is 0 Å². The lowest BCUT2D eigenvalue weighted by Gasteiger charge is -2.39. The highest BCUT2D eigenvalue weighted by Crippen LogP contribution is 2.34. The Balaban J connectivity index is 1.85. The molecule has 1 amide bonds. The zero-order valence-electron chi connectivity index (χ0n) is 9.12. The van der Waals surface area contributed by atoms with E-state index in [1.165, 1.54) is 0 Å². The molecule has 1 heterocycles. The lowest BCUT2D eigenvalue weighted by Crippen LogP contribution is -2.54. The Morgan fingerprint density at radius 3 is 2.64 bits per heavy atom. The maximum Gasteiger partial charge on any atom is 0.225 e. The Labute approximate surface area is 85.8 Å². The summed E-state index contributed by atoms with van der Waals surface area (Å²) in [6.07, 6.45) is 2.22. The van der Waals surface area contributed by atoms with Crippen LogP contribution in [-0.2, 0) is 4.79 Å². The van der Waals surface area contributed by atoms with Crippen molar-refractivity contribution < 1.29 is 4.79 Å². The third-order valence-corrected chi connectivity index (χ3v) is 3.40. The van der Waals surface area contributed by atoms with Crippen molar-refractivity contribution in [2.24, 2.45) is 11.8 Å². The Hall–Kier alpha value is -0.570. The monoisotopic (exact) mass is 196 g/mol. The second-order valence-electron chi connectivity index (χ2n) is 4.91. The van der Waals surface area contributed by atoms with Crippen LogP contribution in [0, 0.1) is 11.8 Å². The van der Waals surface area contributed by atoms with Gasteiger partial charge in [-0.25, -0.2) is 0 Å². The third-order valence-electron chi connectivity index (χ3n) is 3.40. The molecule has 1 saturated carbocycles. The van der Waals surface area contributed by atoms with Gasteiger partial charge in [-0.3, -0.25) is 4.79 Å². The molecule has 1 aliphatic heterocycles. The number of hydrogen-bond acceptors (Lipinski definition) is 2. The van der Waals surface area contributed by atoms with Gasteiger partial charge in [-0.15, -0.1) is 0 Å². The van der Waals surface area contributed by atoms with E-state index < -0.39 is 0 Å². The van der Waals surface area contributed by atoms with Crippen LogP contribution in [0.4, 0.5) is 0 Å². The molecule has 1 N–H and O–H groups in total. The molecule has 1 saturated heterocycles. The molecule has 1 aliphatic carbocycles. The summed E-state index contributed by atoms with van der Waals surface area (Å²) >= 11 is 0. The van der Waals surface area contributed by atoms with Crippen LogP contribution in [0.3, 0.4) is 0 Å². The fourth-order valence-corrected chi connectivity index (χ4v) is 2.49. The van der Waals surface area contributed by atoms with E-state index in [0.717, 1.165) is 38.4 Å². The zero-order chi connectivity index (χ0) is 10.1. The van der Waals surface area contributed by atoms with Crippen molar-refractivity contribution >= 4 is 5.91 Å². The summed E-state index contributed by atoms with van der Waals surface area (Å²) in [7, 11) is 0. The normalized spacial score (nSPS) is 37.9. The van der Waals surface area contributed by atoms with E-state index in [0.29, 0.717) is 17.9 Å². The summed E-state index contributed by atoms with van der Waals surface area (Å²) in [5, 5.41) is 3.36. The van der Waals surface area contributed by atoms with E-state index in [2.05, 4.69) is 19.2 Å². The topological polar surface area (TPSA) is 32.3 Å². The first-order valence-corrected chi connectivity index (χ1v) is 5.69. The van der Waals surface area contributed by atoms with Gasteiger partial charge in [0.15, 0.2) is 0 Å². The van der Waals surface area contributed by atoms with Gasteiger partial charge in [-0.05, 0) is 25.7 Å². The minimum absolute atomic E-state index is 0.343. The maximum atomic E-state index is 12.0. The molecule has 3 heteroatoms. The largest absolute Gasteiger partial charge is 0.340 e. The molecule has 0 aromatic heterocycles. The third kappa shape index (κ3) is 1.92. The van der Waals surface area contributed by atoms with Crippen molar-refractivity contribution in [3.8, 4) is 0 Å². The maximum absolute atomic E-state index is 12.0. The van der Waals surface area contributed by atoms with Crippen LogP contribution in [-0.4, -0.2) is 36.5 Å².